The fourth-order valence-electron chi connectivity index (χ4n) is 2.56. The normalized spacial score (nSPS) is 24.7. The number of aryl methyl sites for hydroxylation is 1. The molecule has 8 heteroatoms. The summed E-state index contributed by atoms with van der Waals surface area (Å²) in [6.07, 6.45) is 0.672. The molecule has 0 amide bonds. The Balaban J connectivity index is 1.99. The molecule has 142 valence electrons. The molecule has 7 nitrogen and oxygen atoms in total. The SMILES string of the molecule is Cc1cn(C[C@H]2C[C@H](O)[C@@H](CO[Si](C)(C)C(C)(C)C)O2)c(=O)[nH]c1=O. The third-order valence-electron chi connectivity index (χ3n) is 5.30. The molecule has 1 aliphatic heterocycles. The van der Waals surface area contributed by atoms with E-state index in [-0.39, 0.29) is 16.7 Å². The standard InChI is InChI=1S/C17H30N2O5Si/c1-11-8-19(16(22)18-15(11)21)9-12-7-13(20)14(24-12)10-23-25(5,6)17(2,3)4/h8,12-14,20H,7,9-10H2,1-6H3,(H,18,21,22)/t12-,13+,14-/m1/s1. The number of aliphatic hydroxyl groups excluding tert-OH is 1. The molecule has 0 spiro atoms. The van der Waals surface area contributed by atoms with Crippen molar-refractivity contribution in [2.75, 3.05) is 6.61 Å². The number of H-pyrrole nitrogens is 1. The van der Waals surface area contributed by atoms with Crippen molar-refractivity contribution in [2.45, 2.75) is 77.1 Å². The van der Waals surface area contributed by atoms with Crippen molar-refractivity contribution in [2.24, 2.45) is 0 Å². The highest BCUT2D eigenvalue weighted by Gasteiger charge is 2.40. The minimum atomic E-state index is -1.91. The molecule has 1 aliphatic rings. The molecule has 2 rings (SSSR count). The molecule has 1 aromatic heterocycles. The first-order valence-electron chi connectivity index (χ1n) is 8.68. The number of rotatable bonds is 5. The van der Waals surface area contributed by atoms with Gasteiger partial charge in [0.15, 0.2) is 8.32 Å². The summed E-state index contributed by atoms with van der Waals surface area (Å²) in [5.41, 5.74) is -0.375. The monoisotopic (exact) mass is 370 g/mol. The number of aliphatic hydroxyl groups is 1. The van der Waals surface area contributed by atoms with Crippen LogP contribution in [0.25, 0.3) is 0 Å². The van der Waals surface area contributed by atoms with Gasteiger partial charge in [0.25, 0.3) is 5.56 Å². The van der Waals surface area contributed by atoms with Crippen LogP contribution in [-0.2, 0) is 15.7 Å². The molecular formula is C17H30N2O5Si. The van der Waals surface area contributed by atoms with Crippen molar-refractivity contribution in [1.29, 1.82) is 0 Å². The van der Waals surface area contributed by atoms with Crippen LogP contribution in [-0.4, -0.2) is 47.9 Å². The van der Waals surface area contributed by atoms with E-state index in [4.69, 9.17) is 9.16 Å². The second-order valence-corrected chi connectivity index (χ2v) is 13.2. The van der Waals surface area contributed by atoms with Crippen LogP contribution in [0.3, 0.4) is 0 Å². The molecule has 0 radical (unpaired) electrons. The van der Waals surface area contributed by atoms with E-state index in [1.165, 1.54) is 10.8 Å². The van der Waals surface area contributed by atoms with E-state index < -0.39 is 26.2 Å². The van der Waals surface area contributed by atoms with Crippen molar-refractivity contribution >= 4 is 8.32 Å². The van der Waals surface area contributed by atoms with Crippen LogP contribution < -0.4 is 11.2 Å². The largest absolute Gasteiger partial charge is 0.414 e. The number of hydrogen-bond acceptors (Lipinski definition) is 5. The van der Waals surface area contributed by atoms with Crippen molar-refractivity contribution in [3.05, 3.63) is 32.6 Å². The molecule has 2 N–H and O–H groups in total. The Morgan fingerprint density at radius 2 is 2.04 bits per heavy atom. The fourth-order valence-corrected chi connectivity index (χ4v) is 3.58. The number of nitrogens with zero attached hydrogens (tertiary/aromatic N) is 1. The summed E-state index contributed by atoms with van der Waals surface area (Å²) in [6.45, 7) is 13.1. The van der Waals surface area contributed by atoms with Crippen LogP contribution in [0, 0.1) is 6.92 Å². The van der Waals surface area contributed by atoms with Gasteiger partial charge in [0, 0.05) is 18.2 Å². The lowest BCUT2D eigenvalue weighted by molar-refractivity contribution is -0.0230. The summed E-state index contributed by atoms with van der Waals surface area (Å²) < 4.78 is 13.5. The zero-order chi connectivity index (χ0) is 19.0. The summed E-state index contributed by atoms with van der Waals surface area (Å²) in [7, 11) is -1.91. The summed E-state index contributed by atoms with van der Waals surface area (Å²) in [5.74, 6) is 0. The minimum absolute atomic E-state index is 0.0940. The Kier molecular flexibility index (Phi) is 5.77. The van der Waals surface area contributed by atoms with Crippen molar-refractivity contribution < 1.29 is 14.3 Å². The molecule has 3 atom stereocenters. The van der Waals surface area contributed by atoms with Crippen LogP contribution in [0.5, 0.6) is 0 Å². The number of ether oxygens (including phenoxy) is 1. The molecule has 0 bridgehead atoms. The summed E-state index contributed by atoms with van der Waals surface area (Å²) in [4.78, 5) is 25.6. The number of hydrogen-bond donors (Lipinski definition) is 2. The van der Waals surface area contributed by atoms with E-state index in [2.05, 4.69) is 38.8 Å². The molecule has 1 fully saturated rings. The molecule has 2 heterocycles. The first-order chi connectivity index (χ1) is 11.4. The average Bonchev–Trinajstić information content (AvgIpc) is 2.81. The summed E-state index contributed by atoms with van der Waals surface area (Å²) >= 11 is 0. The van der Waals surface area contributed by atoms with Gasteiger partial charge in [0.1, 0.15) is 6.10 Å². The van der Waals surface area contributed by atoms with Crippen molar-refractivity contribution in [3.63, 3.8) is 0 Å². The van der Waals surface area contributed by atoms with Gasteiger partial charge in [-0.1, -0.05) is 20.8 Å². The third-order valence-corrected chi connectivity index (χ3v) is 9.81. The smallest absolute Gasteiger partial charge is 0.328 e. The van der Waals surface area contributed by atoms with Crippen LogP contribution in [0.2, 0.25) is 18.1 Å². The highest BCUT2D eigenvalue weighted by atomic mass is 28.4. The zero-order valence-corrected chi connectivity index (χ0v) is 17.0. The van der Waals surface area contributed by atoms with Gasteiger partial charge in [-0.05, 0) is 25.1 Å². The first-order valence-corrected chi connectivity index (χ1v) is 11.6. The van der Waals surface area contributed by atoms with Gasteiger partial charge in [-0.25, -0.2) is 4.79 Å². The quantitative estimate of drug-likeness (QED) is 0.764. The Bertz CT molecular complexity index is 719. The average molecular weight is 371 g/mol. The maximum absolute atomic E-state index is 11.9. The van der Waals surface area contributed by atoms with Crippen LogP contribution in [0.4, 0.5) is 0 Å². The lowest BCUT2D eigenvalue weighted by atomic mass is 10.1. The van der Waals surface area contributed by atoms with E-state index in [1.54, 1.807) is 6.92 Å². The molecule has 0 saturated carbocycles. The zero-order valence-electron chi connectivity index (χ0n) is 16.0. The Hall–Kier alpha value is -1.22. The van der Waals surface area contributed by atoms with E-state index in [1.807, 2.05) is 0 Å². The minimum Gasteiger partial charge on any atom is -0.414 e. The molecule has 0 unspecified atom stereocenters. The first kappa shape index (κ1) is 20.1. The van der Waals surface area contributed by atoms with Gasteiger partial charge in [0.05, 0.1) is 25.4 Å². The highest BCUT2D eigenvalue weighted by molar-refractivity contribution is 6.74. The second-order valence-electron chi connectivity index (χ2n) is 8.39. The molecule has 0 aromatic carbocycles. The Morgan fingerprint density at radius 3 is 2.64 bits per heavy atom. The predicted octanol–water partition coefficient (Wildman–Crippen LogP) is 1.39. The van der Waals surface area contributed by atoms with Crippen LogP contribution in [0.1, 0.15) is 32.8 Å². The molecule has 1 saturated heterocycles. The highest BCUT2D eigenvalue weighted by Crippen LogP contribution is 2.37. The van der Waals surface area contributed by atoms with Gasteiger partial charge in [-0.3, -0.25) is 14.3 Å². The number of aromatic amines is 1. The summed E-state index contributed by atoms with van der Waals surface area (Å²) in [6, 6.07) is 0. The van der Waals surface area contributed by atoms with E-state index in [0.29, 0.717) is 25.1 Å². The lowest BCUT2D eigenvalue weighted by Crippen LogP contribution is -2.44. The topological polar surface area (TPSA) is 93.6 Å². The molecule has 1 aromatic rings. The van der Waals surface area contributed by atoms with E-state index in [0.717, 1.165) is 0 Å². The van der Waals surface area contributed by atoms with Gasteiger partial charge >= 0.3 is 5.69 Å². The predicted molar refractivity (Wildman–Crippen MR) is 98.5 cm³/mol. The molecule has 0 aliphatic carbocycles. The maximum atomic E-state index is 11.9. The number of nitrogens with one attached hydrogen (secondary N) is 1. The fraction of sp³-hybridized carbons (Fsp3) is 0.765. The van der Waals surface area contributed by atoms with Crippen molar-refractivity contribution in [1.82, 2.24) is 9.55 Å². The molecular weight excluding hydrogens is 340 g/mol. The second kappa shape index (κ2) is 7.18. The van der Waals surface area contributed by atoms with Crippen LogP contribution in [0.15, 0.2) is 15.8 Å². The van der Waals surface area contributed by atoms with Crippen molar-refractivity contribution in [3.8, 4) is 0 Å². The van der Waals surface area contributed by atoms with E-state index in [9.17, 15) is 14.7 Å². The lowest BCUT2D eigenvalue weighted by Gasteiger charge is -2.37. The van der Waals surface area contributed by atoms with Gasteiger partial charge in [-0.15, -0.1) is 0 Å². The Morgan fingerprint density at radius 1 is 1.40 bits per heavy atom. The number of aromatic nitrogens is 2. The van der Waals surface area contributed by atoms with Gasteiger partial charge in [0.2, 0.25) is 0 Å². The Labute approximate surface area is 149 Å². The summed E-state index contributed by atoms with van der Waals surface area (Å²) in [5, 5.41) is 10.4. The van der Waals surface area contributed by atoms with E-state index >= 15 is 0 Å². The third kappa shape index (κ3) is 4.69. The van der Waals surface area contributed by atoms with Gasteiger partial charge < -0.3 is 14.3 Å². The maximum Gasteiger partial charge on any atom is 0.328 e. The van der Waals surface area contributed by atoms with Gasteiger partial charge in [-0.2, -0.15) is 0 Å². The molecule has 25 heavy (non-hydrogen) atoms. The van der Waals surface area contributed by atoms with Crippen LogP contribution >= 0.6 is 0 Å².